The van der Waals surface area contributed by atoms with Crippen LogP contribution in [-0.4, -0.2) is 20.9 Å². The first-order valence-corrected chi connectivity index (χ1v) is 6.68. The molecule has 1 aliphatic rings. The van der Waals surface area contributed by atoms with Crippen LogP contribution < -0.4 is 5.32 Å². The number of carbonyl (C=O) groups excluding carboxylic acids is 1. The van der Waals surface area contributed by atoms with Crippen LogP contribution in [0.25, 0.3) is 11.3 Å². The Labute approximate surface area is 121 Å². The van der Waals surface area contributed by atoms with Gasteiger partial charge < -0.3 is 5.32 Å². The zero-order chi connectivity index (χ0) is 14.1. The Morgan fingerprint density at radius 3 is 2.95 bits per heavy atom. The normalized spacial score (nSPS) is 18.9. The molecule has 1 aromatic carbocycles. The van der Waals surface area contributed by atoms with Crippen LogP contribution in [0.3, 0.4) is 0 Å². The molecule has 0 aliphatic carbocycles. The summed E-state index contributed by atoms with van der Waals surface area (Å²) in [6, 6.07) is 7.43. The van der Waals surface area contributed by atoms with Gasteiger partial charge in [-0.1, -0.05) is 41.6 Å². The van der Waals surface area contributed by atoms with Gasteiger partial charge in [0.25, 0.3) is 0 Å². The predicted octanol–water partition coefficient (Wildman–Crippen LogP) is 2.56. The largest absolute Gasteiger partial charge is 0.328 e. The van der Waals surface area contributed by atoms with Gasteiger partial charge in [0.2, 0.25) is 5.91 Å². The second-order valence-electron chi connectivity index (χ2n) is 4.69. The van der Waals surface area contributed by atoms with E-state index in [1.165, 1.54) is 0 Å². The zero-order valence-electron chi connectivity index (χ0n) is 10.7. The highest BCUT2D eigenvalue weighted by Gasteiger charge is 2.24. The van der Waals surface area contributed by atoms with E-state index >= 15 is 0 Å². The highest BCUT2D eigenvalue weighted by atomic mass is 35.5. The van der Waals surface area contributed by atoms with Gasteiger partial charge >= 0.3 is 0 Å². The van der Waals surface area contributed by atoms with Crippen LogP contribution in [0.15, 0.2) is 42.7 Å². The van der Waals surface area contributed by atoms with Crippen molar-refractivity contribution in [1.29, 1.82) is 0 Å². The topological polar surface area (TPSA) is 59.8 Å². The maximum absolute atomic E-state index is 11.3. The Morgan fingerprint density at radius 1 is 1.40 bits per heavy atom. The number of carbonyl (C=O) groups is 1. The highest BCUT2D eigenvalue weighted by Crippen LogP contribution is 2.28. The Kier molecular flexibility index (Phi) is 3.28. The fraction of sp³-hybridized carbons (Fsp3) is 0.214. The SMILES string of the molecule is C=C1NC(=O)CCC1n1cc(-c2ccccc2Cl)nn1. The Hall–Kier alpha value is -2.14. The summed E-state index contributed by atoms with van der Waals surface area (Å²) in [4.78, 5) is 11.3. The quantitative estimate of drug-likeness (QED) is 0.924. The van der Waals surface area contributed by atoms with Gasteiger partial charge in [-0.15, -0.1) is 5.10 Å². The van der Waals surface area contributed by atoms with E-state index in [1.807, 2.05) is 30.5 Å². The van der Waals surface area contributed by atoms with Gasteiger partial charge in [0.15, 0.2) is 0 Å². The number of nitrogens with one attached hydrogen (secondary N) is 1. The average molecular weight is 289 g/mol. The Bertz CT molecular complexity index is 679. The molecule has 20 heavy (non-hydrogen) atoms. The van der Waals surface area contributed by atoms with Crippen molar-refractivity contribution in [3.63, 3.8) is 0 Å². The highest BCUT2D eigenvalue weighted by molar-refractivity contribution is 6.33. The van der Waals surface area contributed by atoms with Crippen LogP contribution in [0.5, 0.6) is 0 Å². The fourth-order valence-electron chi connectivity index (χ4n) is 2.28. The molecule has 0 saturated carbocycles. The lowest BCUT2D eigenvalue weighted by Crippen LogP contribution is -2.33. The van der Waals surface area contributed by atoms with Crippen LogP contribution in [0.2, 0.25) is 5.02 Å². The molecule has 1 saturated heterocycles. The molecule has 1 aromatic heterocycles. The number of allylic oxidation sites excluding steroid dienone is 1. The van der Waals surface area contributed by atoms with E-state index < -0.39 is 0 Å². The Morgan fingerprint density at radius 2 is 2.20 bits per heavy atom. The first-order valence-electron chi connectivity index (χ1n) is 6.30. The molecule has 2 aromatic rings. The number of aromatic nitrogens is 3. The minimum absolute atomic E-state index is 0.00214. The van der Waals surface area contributed by atoms with E-state index in [1.54, 1.807) is 4.68 Å². The maximum Gasteiger partial charge on any atom is 0.224 e. The number of hydrogen-bond acceptors (Lipinski definition) is 3. The van der Waals surface area contributed by atoms with Gasteiger partial charge in [-0.25, -0.2) is 4.68 Å². The molecule has 1 amide bonds. The smallest absolute Gasteiger partial charge is 0.224 e. The monoisotopic (exact) mass is 288 g/mol. The van der Waals surface area contributed by atoms with Gasteiger partial charge in [0.1, 0.15) is 5.69 Å². The number of amides is 1. The van der Waals surface area contributed by atoms with Crippen molar-refractivity contribution in [3.8, 4) is 11.3 Å². The minimum atomic E-state index is -0.0589. The molecule has 3 rings (SSSR count). The summed E-state index contributed by atoms with van der Waals surface area (Å²) in [5.41, 5.74) is 2.20. The first kappa shape index (κ1) is 12.9. The molecule has 1 aliphatic heterocycles. The molecule has 1 N–H and O–H groups in total. The van der Waals surface area contributed by atoms with Crippen LogP contribution in [0.4, 0.5) is 0 Å². The number of nitrogens with zero attached hydrogens (tertiary/aromatic N) is 3. The van der Waals surface area contributed by atoms with Gasteiger partial charge in [-0.3, -0.25) is 4.79 Å². The molecule has 0 bridgehead atoms. The molecule has 1 fully saturated rings. The number of hydrogen-bond donors (Lipinski definition) is 1. The third-order valence-electron chi connectivity index (χ3n) is 3.33. The van der Waals surface area contributed by atoms with Crippen LogP contribution in [0.1, 0.15) is 18.9 Å². The van der Waals surface area contributed by atoms with E-state index in [4.69, 9.17) is 11.6 Å². The average Bonchev–Trinajstić information content (AvgIpc) is 2.88. The summed E-state index contributed by atoms with van der Waals surface area (Å²) >= 11 is 6.15. The molecule has 0 radical (unpaired) electrons. The molecule has 1 unspecified atom stereocenters. The Balaban J connectivity index is 1.89. The van der Waals surface area contributed by atoms with Crippen molar-refractivity contribution in [3.05, 3.63) is 47.8 Å². The minimum Gasteiger partial charge on any atom is -0.328 e. The standard InChI is InChI=1S/C14H13ClN4O/c1-9-13(6-7-14(20)16-9)19-8-12(17-18-19)10-4-2-3-5-11(10)15/h2-5,8,13H,1,6-7H2,(H,16,20). The lowest BCUT2D eigenvalue weighted by molar-refractivity contribution is -0.121. The summed E-state index contributed by atoms with van der Waals surface area (Å²) in [5, 5.41) is 11.7. The number of rotatable bonds is 2. The van der Waals surface area contributed by atoms with Crippen molar-refractivity contribution in [2.24, 2.45) is 0 Å². The van der Waals surface area contributed by atoms with Crippen molar-refractivity contribution in [1.82, 2.24) is 20.3 Å². The molecule has 0 spiro atoms. The number of benzene rings is 1. The van der Waals surface area contributed by atoms with Gasteiger partial charge in [0.05, 0.1) is 17.3 Å². The second kappa shape index (κ2) is 5.09. The van der Waals surface area contributed by atoms with Gasteiger partial charge in [-0.2, -0.15) is 0 Å². The summed E-state index contributed by atoms with van der Waals surface area (Å²) in [7, 11) is 0. The summed E-state index contributed by atoms with van der Waals surface area (Å²) in [5.74, 6) is -0.00214. The van der Waals surface area contributed by atoms with Crippen LogP contribution in [-0.2, 0) is 4.79 Å². The van der Waals surface area contributed by atoms with Crippen molar-refractivity contribution < 1.29 is 4.79 Å². The van der Waals surface area contributed by atoms with Gasteiger partial charge in [0, 0.05) is 17.7 Å². The van der Waals surface area contributed by atoms with Crippen molar-refractivity contribution in [2.75, 3.05) is 0 Å². The molecular weight excluding hydrogens is 276 g/mol. The molecule has 5 nitrogen and oxygen atoms in total. The molecule has 2 heterocycles. The maximum atomic E-state index is 11.3. The van der Waals surface area contributed by atoms with E-state index in [-0.39, 0.29) is 11.9 Å². The van der Waals surface area contributed by atoms with Crippen molar-refractivity contribution >= 4 is 17.5 Å². The predicted molar refractivity (Wildman–Crippen MR) is 76.0 cm³/mol. The summed E-state index contributed by atoms with van der Waals surface area (Å²) < 4.78 is 1.72. The lowest BCUT2D eigenvalue weighted by Gasteiger charge is -2.24. The molecule has 102 valence electrons. The third-order valence-corrected chi connectivity index (χ3v) is 3.66. The number of piperidine rings is 1. The van der Waals surface area contributed by atoms with Gasteiger partial charge in [-0.05, 0) is 12.5 Å². The molecule has 1 atom stereocenters. The van der Waals surface area contributed by atoms with Crippen LogP contribution >= 0.6 is 11.6 Å². The fourth-order valence-corrected chi connectivity index (χ4v) is 2.51. The third kappa shape index (κ3) is 2.32. The molecular formula is C14H13ClN4O. The number of halogens is 1. The molecule has 6 heteroatoms. The summed E-state index contributed by atoms with van der Waals surface area (Å²) in [6.07, 6.45) is 2.97. The zero-order valence-corrected chi connectivity index (χ0v) is 11.5. The van der Waals surface area contributed by atoms with E-state index in [0.29, 0.717) is 29.3 Å². The second-order valence-corrected chi connectivity index (χ2v) is 5.10. The van der Waals surface area contributed by atoms with E-state index in [2.05, 4.69) is 22.2 Å². The van der Waals surface area contributed by atoms with Crippen molar-refractivity contribution in [2.45, 2.75) is 18.9 Å². The lowest BCUT2D eigenvalue weighted by atomic mass is 10.0. The first-order chi connectivity index (χ1) is 9.65. The summed E-state index contributed by atoms with van der Waals surface area (Å²) in [6.45, 7) is 3.88. The van der Waals surface area contributed by atoms with E-state index in [0.717, 1.165) is 5.56 Å². The van der Waals surface area contributed by atoms with Crippen LogP contribution in [0, 0.1) is 0 Å². The van der Waals surface area contributed by atoms with E-state index in [9.17, 15) is 4.79 Å².